The second-order valence-corrected chi connectivity index (χ2v) is 9.24. The van der Waals surface area contributed by atoms with Crippen LogP contribution in [0.1, 0.15) is 74.1 Å². The number of allylic oxidation sites excluding steroid dienone is 4. The first-order chi connectivity index (χ1) is 18.3. The fraction of sp³-hybridized carbons (Fsp3) is 0.630. The van der Waals surface area contributed by atoms with E-state index in [2.05, 4.69) is 26.0 Å². The van der Waals surface area contributed by atoms with Crippen LogP contribution in [0.3, 0.4) is 0 Å². The van der Waals surface area contributed by atoms with E-state index in [0.717, 1.165) is 6.42 Å². The molecule has 1 aliphatic heterocycles. The minimum absolute atomic E-state index is 0.00522. The molecule has 0 saturated carbocycles. The molecule has 8 nitrogen and oxygen atoms in total. The van der Waals surface area contributed by atoms with Gasteiger partial charge in [0.1, 0.15) is 10.1 Å². The number of carbonyl (C=O) groups excluding carboxylic acids is 1. The summed E-state index contributed by atoms with van der Waals surface area (Å²) in [5.41, 5.74) is -0.196. The third kappa shape index (κ3) is 11.7. The third-order valence-electron chi connectivity index (χ3n) is 5.69. The molecule has 1 saturated heterocycles. The van der Waals surface area contributed by atoms with Gasteiger partial charge in [0.15, 0.2) is 5.52 Å². The summed E-state index contributed by atoms with van der Waals surface area (Å²) in [5, 5.41) is 14.9. The van der Waals surface area contributed by atoms with Crippen molar-refractivity contribution in [1.82, 2.24) is 24.2 Å². The Morgan fingerprint density at radius 1 is 1.18 bits per heavy atom. The summed E-state index contributed by atoms with van der Waals surface area (Å²) in [4.78, 5) is 29.9. The summed E-state index contributed by atoms with van der Waals surface area (Å²) in [5.74, 6) is 0.00522. The number of nitrogens with zero attached hydrogens (tertiary/aromatic N) is 5. The maximum absolute atomic E-state index is 12.5. The van der Waals surface area contributed by atoms with E-state index in [1.165, 1.54) is 30.0 Å². The lowest BCUT2D eigenvalue weighted by atomic mass is 9.91. The first-order valence-corrected chi connectivity index (χ1v) is 14.0. The molecule has 222 valence electrons. The summed E-state index contributed by atoms with van der Waals surface area (Å²) in [6.07, 6.45) is 2.86. The number of hydrogen-bond donors (Lipinski definition) is 1. The molecule has 0 aromatic carbocycles. The van der Waals surface area contributed by atoms with Crippen LogP contribution in [-0.4, -0.2) is 60.1 Å². The van der Waals surface area contributed by atoms with Gasteiger partial charge in [0.2, 0.25) is 5.91 Å². The fourth-order valence-electron chi connectivity index (χ4n) is 3.65. The summed E-state index contributed by atoms with van der Waals surface area (Å²) in [7, 11) is 1.72. The van der Waals surface area contributed by atoms with Gasteiger partial charge in [-0.2, -0.15) is 18.3 Å². The van der Waals surface area contributed by atoms with Crippen molar-refractivity contribution in [1.29, 1.82) is 0 Å². The molecule has 1 aliphatic rings. The SMILES string of the molecule is C/C=C(\C=C/CC)CC(F)(F)F.CC.CC.CC(=O)N1CCC(O)(Cn2cnc3c(Br)n(C)nc3c2=O)CC1. The fourth-order valence-corrected chi connectivity index (χ4v) is 4.02. The molecule has 0 atom stereocenters. The van der Waals surface area contributed by atoms with Gasteiger partial charge in [0.05, 0.1) is 24.9 Å². The molecule has 0 unspecified atom stereocenters. The molecule has 3 heterocycles. The lowest BCUT2D eigenvalue weighted by Gasteiger charge is -2.37. The quantitative estimate of drug-likeness (QED) is 0.403. The zero-order chi connectivity index (χ0) is 30.4. The topological polar surface area (TPSA) is 93.2 Å². The average Bonchev–Trinajstić information content (AvgIpc) is 3.19. The predicted molar refractivity (Wildman–Crippen MR) is 153 cm³/mol. The number of rotatable bonds is 5. The van der Waals surface area contributed by atoms with Crippen molar-refractivity contribution in [2.45, 2.75) is 92.5 Å². The zero-order valence-corrected chi connectivity index (χ0v) is 25.9. The number of halogens is 4. The maximum atomic E-state index is 12.5. The normalized spacial score (nSPS) is 15.1. The number of piperidine rings is 1. The van der Waals surface area contributed by atoms with Crippen molar-refractivity contribution in [2.75, 3.05) is 13.1 Å². The van der Waals surface area contributed by atoms with Crippen LogP contribution in [-0.2, 0) is 18.4 Å². The standard InChI is InChI=1S/C14H18BrN5O3.C9H13F3.2C2H6/c1-9(21)19-5-3-14(23,4-6-19)7-20-8-16-10-11(13(20)22)17-18(2)12(10)15;1-3-5-6-8(4-2)7-9(10,11)12;2*1-2/h8,23H,3-7H2,1-2H3;4-6H,3,7H2,1-2H3;2*1-2H3/b;6-5-,8-4+;;. The smallest absolute Gasteiger partial charge is 0.388 e. The van der Waals surface area contributed by atoms with Crippen LogP contribution in [0.5, 0.6) is 0 Å². The minimum atomic E-state index is -4.10. The molecule has 0 spiro atoms. The number of likely N-dealkylation sites (tertiary alicyclic amines) is 1. The Bertz CT molecular complexity index is 1150. The number of hydrogen-bond acceptors (Lipinski definition) is 5. The van der Waals surface area contributed by atoms with E-state index < -0.39 is 18.2 Å². The van der Waals surface area contributed by atoms with E-state index >= 15 is 0 Å². The molecule has 39 heavy (non-hydrogen) atoms. The Morgan fingerprint density at radius 3 is 2.21 bits per heavy atom. The van der Waals surface area contributed by atoms with Crippen LogP contribution < -0.4 is 5.56 Å². The van der Waals surface area contributed by atoms with Gasteiger partial charge in [-0.05, 0) is 47.7 Å². The first kappa shape index (κ1) is 36.5. The Balaban J connectivity index is 0.000000769. The van der Waals surface area contributed by atoms with Crippen molar-refractivity contribution >= 4 is 32.9 Å². The zero-order valence-electron chi connectivity index (χ0n) is 24.3. The molecule has 3 rings (SSSR count). The molecule has 12 heteroatoms. The predicted octanol–water partition coefficient (Wildman–Crippen LogP) is 6.17. The van der Waals surface area contributed by atoms with Crippen LogP contribution in [0.2, 0.25) is 0 Å². The van der Waals surface area contributed by atoms with Crippen LogP contribution in [0.4, 0.5) is 13.2 Å². The number of aliphatic hydroxyl groups is 1. The number of amides is 1. The van der Waals surface area contributed by atoms with Crippen molar-refractivity contribution in [3.05, 3.63) is 45.1 Å². The molecule has 2 aromatic rings. The number of carbonyl (C=O) groups is 1. The monoisotopic (exact) mass is 621 g/mol. The van der Waals surface area contributed by atoms with Gasteiger partial charge >= 0.3 is 6.18 Å². The van der Waals surface area contributed by atoms with Crippen LogP contribution in [0.15, 0.2) is 39.5 Å². The number of aryl methyl sites for hydroxylation is 1. The summed E-state index contributed by atoms with van der Waals surface area (Å²) in [6, 6.07) is 0. The van der Waals surface area contributed by atoms with E-state index in [1.54, 1.807) is 29.6 Å². The number of aromatic nitrogens is 4. The molecule has 2 aromatic heterocycles. The van der Waals surface area contributed by atoms with Gasteiger partial charge in [-0.1, -0.05) is 52.8 Å². The molecule has 1 fully saturated rings. The van der Waals surface area contributed by atoms with Crippen molar-refractivity contribution in [3.8, 4) is 0 Å². The largest absolute Gasteiger partial charge is 0.393 e. The average molecular weight is 623 g/mol. The minimum Gasteiger partial charge on any atom is -0.388 e. The Kier molecular flexibility index (Phi) is 16.2. The van der Waals surface area contributed by atoms with Gasteiger partial charge in [0.25, 0.3) is 5.56 Å². The second-order valence-electron chi connectivity index (χ2n) is 8.49. The Labute approximate surface area is 237 Å². The Morgan fingerprint density at radius 2 is 1.74 bits per heavy atom. The highest BCUT2D eigenvalue weighted by Crippen LogP contribution is 2.25. The molecule has 1 amide bonds. The van der Waals surface area contributed by atoms with Crippen LogP contribution in [0, 0.1) is 0 Å². The number of fused-ring (bicyclic) bond motifs is 1. The summed E-state index contributed by atoms with van der Waals surface area (Å²) >= 11 is 3.34. The van der Waals surface area contributed by atoms with E-state index in [-0.39, 0.29) is 23.5 Å². The van der Waals surface area contributed by atoms with Crippen LogP contribution >= 0.6 is 15.9 Å². The van der Waals surface area contributed by atoms with E-state index in [4.69, 9.17) is 0 Å². The highest BCUT2D eigenvalue weighted by Gasteiger charge is 2.34. The molecule has 1 N–H and O–H groups in total. The van der Waals surface area contributed by atoms with Gasteiger partial charge in [-0.15, -0.1) is 0 Å². The third-order valence-corrected chi connectivity index (χ3v) is 6.58. The first-order valence-electron chi connectivity index (χ1n) is 13.2. The lowest BCUT2D eigenvalue weighted by Crippen LogP contribution is -2.49. The van der Waals surface area contributed by atoms with E-state index in [9.17, 15) is 27.9 Å². The molecule has 0 radical (unpaired) electrons. The lowest BCUT2D eigenvalue weighted by molar-refractivity contribution is -0.133. The molecule has 0 bridgehead atoms. The van der Waals surface area contributed by atoms with Gasteiger partial charge in [-0.3, -0.25) is 18.8 Å². The van der Waals surface area contributed by atoms with Crippen molar-refractivity contribution in [3.63, 3.8) is 0 Å². The van der Waals surface area contributed by atoms with Gasteiger partial charge in [0, 0.05) is 27.1 Å². The number of alkyl halides is 3. The van der Waals surface area contributed by atoms with Crippen LogP contribution in [0.25, 0.3) is 11.0 Å². The highest BCUT2D eigenvalue weighted by molar-refractivity contribution is 9.10. The van der Waals surface area contributed by atoms with Crippen molar-refractivity contribution in [2.24, 2.45) is 7.05 Å². The maximum Gasteiger partial charge on any atom is 0.393 e. The summed E-state index contributed by atoms with van der Waals surface area (Å²) < 4.78 is 39.1. The second kappa shape index (κ2) is 17.3. The van der Waals surface area contributed by atoms with E-state index in [0.29, 0.717) is 41.6 Å². The molecular weight excluding hydrogens is 579 g/mol. The molecular formula is C27H43BrF3N5O3. The summed E-state index contributed by atoms with van der Waals surface area (Å²) in [6.45, 7) is 14.1. The molecule has 0 aliphatic carbocycles. The Hall–Kier alpha value is -2.47. The van der Waals surface area contributed by atoms with E-state index in [1.807, 2.05) is 34.6 Å². The van der Waals surface area contributed by atoms with Gasteiger partial charge in [-0.25, -0.2) is 4.98 Å². The van der Waals surface area contributed by atoms with Gasteiger partial charge < -0.3 is 10.0 Å². The highest BCUT2D eigenvalue weighted by atomic mass is 79.9. The van der Waals surface area contributed by atoms with Crippen molar-refractivity contribution < 1.29 is 23.1 Å².